The topological polar surface area (TPSA) is 41.5 Å². The van der Waals surface area contributed by atoms with Crippen LogP contribution in [0.1, 0.15) is 24.4 Å². The van der Waals surface area contributed by atoms with Crippen LogP contribution in [-0.4, -0.2) is 18.8 Å². The summed E-state index contributed by atoms with van der Waals surface area (Å²) in [5.41, 5.74) is 0.210. The Balaban J connectivity index is 2.52. The number of hydrogen-bond acceptors (Lipinski definition) is 3. The average molecular weight is 246 g/mol. The van der Waals surface area contributed by atoms with Crippen LogP contribution < -0.4 is 10.1 Å². The van der Waals surface area contributed by atoms with Crippen molar-refractivity contribution in [3.05, 3.63) is 22.5 Å². The second-order valence-corrected chi connectivity index (χ2v) is 4.19. The summed E-state index contributed by atoms with van der Waals surface area (Å²) in [5, 5.41) is 13.0. The Morgan fingerprint density at radius 2 is 2.38 bits per heavy atom. The van der Waals surface area contributed by atoms with Crippen molar-refractivity contribution in [2.75, 3.05) is 13.7 Å². The maximum atomic E-state index is 13.8. The summed E-state index contributed by atoms with van der Waals surface area (Å²) in [5.74, 6) is -0.529. The molecule has 0 saturated carbocycles. The molecule has 1 saturated heterocycles. The van der Waals surface area contributed by atoms with E-state index >= 15 is 0 Å². The summed E-state index contributed by atoms with van der Waals surface area (Å²) >= 11 is 5.75. The van der Waals surface area contributed by atoms with Gasteiger partial charge in [-0.15, -0.1) is 0 Å². The Morgan fingerprint density at radius 1 is 1.62 bits per heavy atom. The van der Waals surface area contributed by atoms with E-state index in [0.717, 1.165) is 19.4 Å². The number of halogens is 2. The minimum atomic E-state index is -0.570. The van der Waals surface area contributed by atoms with E-state index in [-0.39, 0.29) is 28.1 Å². The van der Waals surface area contributed by atoms with E-state index in [4.69, 9.17) is 16.3 Å². The lowest BCUT2D eigenvalue weighted by molar-refractivity contribution is 0.362. The summed E-state index contributed by atoms with van der Waals surface area (Å²) in [6, 6.07) is 1.10. The average Bonchev–Trinajstić information content (AvgIpc) is 2.77. The first-order valence-corrected chi connectivity index (χ1v) is 5.51. The van der Waals surface area contributed by atoms with Crippen molar-refractivity contribution in [1.82, 2.24) is 5.32 Å². The number of phenols is 1. The quantitative estimate of drug-likeness (QED) is 0.842. The van der Waals surface area contributed by atoms with Crippen molar-refractivity contribution < 1.29 is 14.2 Å². The van der Waals surface area contributed by atoms with Crippen molar-refractivity contribution in [3.8, 4) is 11.5 Å². The molecule has 0 amide bonds. The first kappa shape index (κ1) is 11.5. The van der Waals surface area contributed by atoms with Gasteiger partial charge < -0.3 is 15.2 Å². The summed E-state index contributed by atoms with van der Waals surface area (Å²) in [6.45, 7) is 0.818. The number of methoxy groups -OCH3 is 1. The molecule has 1 aliphatic rings. The van der Waals surface area contributed by atoms with Crippen LogP contribution in [0.5, 0.6) is 11.5 Å². The zero-order chi connectivity index (χ0) is 11.7. The van der Waals surface area contributed by atoms with Gasteiger partial charge >= 0.3 is 0 Å². The second-order valence-electron chi connectivity index (χ2n) is 3.79. The molecular formula is C11H13ClFNO2. The molecule has 1 heterocycles. The molecule has 1 unspecified atom stereocenters. The van der Waals surface area contributed by atoms with E-state index in [1.54, 1.807) is 0 Å². The molecule has 16 heavy (non-hydrogen) atoms. The van der Waals surface area contributed by atoms with Crippen LogP contribution in [0.3, 0.4) is 0 Å². The molecular weight excluding hydrogens is 233 g/mol. The van der Waals surface area contributed by atoms with E-state index in [2.05, 4.69) is 5.32 Å². The van der Waals surface area contributed by atoms with E-state index in [1.165, 1.54) is 13.2 Å². The number of hydrogen-bond donors (Lipinski definition) is 2. The molecule has 1 aliphatic heterocycles. The van der Waals surface area contributed by atoms with Gasteiger partial charge in [-0.2, -0.15) is 0 Å². The summed E-state index contributed by atoms with van der Waals surface area (Å²) in [6.07, 6.45) is 1.74. The molecule has 0 spiro atoms. The Morgan fingerprint density at radius 3 is 2.94 bits per heavy atom. The number of ether oxygens (including phenoxy) is 1. The van der Waals surface area contributed by atoms with Crippen LogP contribution in [0.2, 0.25) is 5.02 Å². The van der Waals surface area contributed by atoms with E-state index in [0.29, 0.717) is 0 Å². The van der Waals surface area contributed by atoms with Crippen LogP contribution in [0.15, 0.2) is 6.07 Å². The third-order valence-electron chi connectivity index (χ3n) is 2.82. The van der Waals surface area contributed by atoms with Crippen LogP contribution in [0, 0.1) is 5.82 Å². The van der Waals surface area contributed by atoms with Gasteiger partial charge in [0.1, 0.15) is 0 Å². The van der Waals surface area contributed by atoms with E-state index in [1.807, 2.05) is 0 Å². The van der Waals surface area contributed by atoms with Crippen molar-refractivity contribution in [3.63, 3.8) is 0 Å². The highest BCUT2D eigenvalue weighted by Crippen LogP contribution is 2.41. The molecule has 1 aromatic carbocycles. The van der Waals surface area contributed by atoms with Gasteiger partial charge in [0.15, 0.2) is 17.3 Å². The summed E-state index contributed by atoms with van der Waals surface area (Å²) in [4.78, 5) is 0. The predicted octanol–water partition coefficient (Wildman–Crippen LogP) is 2.62. The third-order valence-corrected chi connectivity index (χ3v) is 3.10. The van der Waals surface area contributed by atoms with Gasteiger partial charge in [-0.25, -0.2) is 4.39 Å². The fraction of sp³-hybridized carbons (Fsp3) is 0.455. The van der Waals surface area contributed by atoms with Crippen LogP contribution in [-0.2, 0) is 0 Å². The molecule has 2 rings (SSSR count). The molecule has 1 fully saturated rings. The lowest BCUT2D eigenvalue weighted by Gasteiger charge is -2.16. The van der Waals surface area contributed by atoms with Crippen LogP contribution in [0.4, 0.5) is 4.39 Å². The first-order valence-electron chi connectivity index (χ1n) is 5.13. The fourth-order valence-electron chi connectivity index (χ4n) is 2.02. The molecule has 0 radical (unpaired) electrons. The molecule has 5 heteroatoms. The lowest BCUT2D eigenvalue weighted by atomic mass is 10.0. The number of phenolic OH excluding ortho intramolecular Hbond substituents is 1. The zero-order valence-electron chi connectivity index (χ0n) is 8.89. The van der Waals surface area contributed by atoms with Gasteiger partial charge in [0, 0.05) is 12.1 Å². The third kappa shape index (κ3) is 1.83. The fourth-order valence-corrected chi connectivity index (χ4v) is 2.22. The molecule has 0 aromatic heterocycles. The minimum absolute atomic E-state index is 0.0293. The van der Waals surface area contributed by atoms with Gasteiger partial charge in [0.05, 0.1) is 17.7 Å². The molecule has 1 atom stereocenters. The largest absolute Gasteiger partial charge is 0.504 e. The molecule has 2 N–H and O–H groups in total. The normalized spacial score (nSPS) is 20.1. The van der Waals surface area contributed by atoms with Crippen LogP contribution >= 0.6 is 11.6 Å². The van der Waals surface area contributed by atoms with Gasteiger partial charge in [0.25, 0.3) is 0 Å². The maximum Gasteiger partial charge on any atom is 0.165 e. The summed E-state index contributed by atoms with van der Waals surface area (Å²) < 4.78 is 18.8. The minimum Gasteiger partial charge on any atom is -0.504 e. The highest BCUT2D eigenvalue weighted by Gasteiger charge is 2.27. The molecule has 88 valence electrons. The number of rotatable bonds is 2. The molecule has 0 bridgehead atoms. The monoisotopic (exact) mass is 245 g/mol. The number of aromatic hydroxyl groups is 1. The van der Waals surface area contributed by atoms with Crippen molar-refractivity contribution >= 4 is 11.6 Å². The van der Waals surface area contributed by atoms with Crippen LogP contribution in [0.25, 0.3) is 0 Å². The number of benzene rings is 1. The Labute approximate surface area is 98.2 Å². The molecule has 1 aromatic rings. The summed E-state index contributed by atoms with van der Waals surface area (Å²) in [7, 11) is 1.41. The highest BCUT2D eigenvalue weighted by atomic mass is 35.5. The van der Waals surface area contributed by atoms with Crippen molar-refractivity contribution in [1.29, 1.82) is 0 Å². The first-order chi connectivity index (χ1) is 7.65. The smallest absolute Gasteiger partial charge is 0.165 e. The van der Waals surface area contributed by atoms with Crippen molar-refractivity contribution in [2.24, 2.45) is 0 Å². The molecule has 3 nitrogen and oxygen atoms in total. The maximum absolute atomic E-state index is 13.8. The van der Waals surface area contributed by atoms with E-state index in [9.17, 15) is 9.50 Å². The zero-order valence-corrected chi connectivity index (χ0v) is 9.64. The standard InChI is InChI=1S/C11H13ClFNO2/c1-16-8-5-6(12)10(13)9(11(8)15)7-3-2-4-14-7/h5,7,14-15H,2-4H2,1H3. The SMILES string of the molecule is COc1cc(Cl)c(F)c(C2CCCN2)c1O. The Hall–Kier alpha value is -1.00. The highest BCUT2D eigenvalue weighted by molar-refractivity contribution is 6.31. The Bertz CT molecular complexity index is 405. The van der Waals surface area contributed by atoms with Crippen molar-refractivity contribution in [2.45, 2.75) is 18.9 Å². The van der Waals surface area contributed by atoms with Gasteiger partial charge in [-0.3, -0.25) is 0 Å². The van der Waals surface area contributed by atoms with Gasteiger partial charge in [-0.05, 0) is 19.4 Å². The number of nitrogens with one attached hydrogen (secondary N) is 1. The van der Waals surface area contributed by atoms with Gasteiger partial charge in [0.2, 0.25) is 0 Å². The lowest BCUT2D eigenvalue weighted by Crippen LogP contribution is -2.15. The predicted molar refractivity (Wildman–Crippen MR) is 59.6 cm³/mol. The van der Waals surface area contributed by atoms with E-state index < -0.39 is 5.82 Å². The second kappa shape index (κ2) is 4.47. The molecule has 0 aliphatic carbocycles. The Kier molecular flexibility index (Phi) is 3.21. The van der Waals surface area contributed by atoms with Gasteiger partial charge in [-0.1, -0.05) is 11.6 Å².